The Balaban J connectivity index is 1.22. The lowest BCUT2D eigenvalue weighted by molar-refractivity contribution is -0.125. The lowest BCUT2D eigenvalue weighted by atomic mass is 9.89. The first-order valence-corrected chi connectivity index (χ1v) is 13.4. The highest BCUT2D eigenvalue weighted by molar-refractivity contribution is 6.10. The van der Waals surface area contributed by atoms with E-state index in [9.17, 15) is 19.2 Å². The van der Waals surface area contributed by atoms with Crippen LogP contribution in [0.15, 0.2) is 48.7 Å². The fourth-order valence-electron chi connectivity index (χ4n) is 5.63. The summed E-state index contributed by atoms with van der Waals surface area (Å²) in [6.07, 6.45) is 11.6. The Bertz CT molecular complexity index is 1350. The molecule has 3 amide bonds. The minimum atomic E-state index is -0.954. The van der Waals surface area contributed by atoms with Gasteiger partial charge in [0, 0.05) is 41.5 Å². The van der Waals surface area contributed by atoms with Crippen molar-refractivity contribution in [1.82, 2.24) is 10.3 Å². The van der Waals surface area contributed by atoms with E-state index in [2.05, 4.69) is 21.7 Å². The van der Waals surface area contributed by atoms with Crippen molar-refractivity contribution in [2.75, 3.05) is 16.8 Å². The molecule has 9 heteroatoms. The third-order valence-electron chi connectivity index (χ3n) is 8.16. The number of primary amides is 1. The number of hydrogen-bond donors (Lipinski definition) is 3. The van der Waals surface area contributed by atoms with Crippen LogP contribution in [0, 0.1) is 11.8 Å². The lowest BCUT2D eigenvalue weighted by Gasteiger charge is -2.41. The van der Waals surface area contributed by atoms with Gasteiger partial charge in [0.05, 0.1) is 5.56 Å². The second kappa shape index (κ2) is 9.38. The van der Waals surface area contributed by atoms with E-state index in [4.69, 9.17) is 5.73 Å². The number of ketones is 1. The van der Waals surface area contributed by atoms with Crippen molar-refractivity contribution in [1.29, 1.82) is 0 Å². The van der Waals surface area contributed by atoms with Crippen LogP contribution >= 0.6 is 0 Å². The van der Waals surface area contributed by atoms with Crippen LogP contribution in [-0.2, 0) is 4.79 Å². The molecule has 0 spiro atoms. The molecule has 3 heterocycles. The molecule has 1 saturated heterocycles. The molecule has 2 aliphatic carbocycles. The molecule has 0 radical (unpaired) electrons. The summed E-state index contributed by atoms with van der Waals surface area (Å²) in [4.78, 5) is 57.8. The highest BCUT2D eigenvalue weighted by Gasteiger charge is 2.53. The van der Waals surface area contributed by atoms with E-state index in [1.165, 1.54) is 12.1 Å². The number of benzene rings is 1. The van der Waals surface area contributed by atoms with Gasteiger partial charge in [0.25, 0.3) is 17.7 Å². The number of nitrogens with one attached hydrogen (secondary N) is 2. The van der Waals surface area contributed by atoms with E-state index in [0.717, 1.165) is 32.1 Å². The Morgan fingerprint density at radius 3 is 2.50 bits per heavy atom. The summed E-state index contributed by atoms with van der Waals surface area (Å²) in [5, 5.41) is 5.84. The maximum atomic E-state index is 13.7. The molecule has 4 N–H and O–H groups in total. The Labute approximate surface area is 220 Å². The number of carbonyl (C=O) groups is 4. The van der Waals surface area contributed by atoms with Crippen molar-refractivity contribution < 1.29 is 19.2 Å². The molecule has 6 rings (SSSR count). The highest BCUT2D eigenvalue weighted by atomic mass is 16.2. The lowest BCUT2D eigenvalue weighted by Crippen LogP contribution is -2.59. The predicted molar refractivity (Wildman–Crippen MR) is 142 cm³/mol. The topological polar surface area (TPSA) is 134 Å². The minimum absolute atomic E-state index is 0.0184. The Hall–Kier alpha value is -4.01. The average molecular weight is 514 g/mol. The number of carbonyl (C=O) groups excluding carboxylic acids is 4. The molecule has 2 aliphatic heterocycles. The van der Waals surface area contributed by atoms with Gasteiger partial charge in [-0.1, -0.05) is 12.2 Å². The molecule has 2 saturated carbocycles. The number of anilines is 2. The van der Waals surface area contributed by atoms with Crippen molar-refractivity contribution >= 4 is 35.0 Å². The number of amides is 3. The van der Waals surface area contributed by atoms with E-state index >= 15 is 0 Å². The molecule has 1 aromatic carbocycles. The summed E-state index contributed by atoms with van der Waals surface area (Å²) < 4.78 is 0. The van der Waals surface area contributed by atoms with Crippen molar-refractivity contribution in [2.45, 2.75) is 56.5 Å². The number of fused-ring (bicyclic) bond motifs is 2. The van der Waals surface area contributed by atoms with Crippen LogP contribution in [0.25, 0.3) is 0 Å². The zero-order valence-corrected chi connectivity index (χ0v) is 21.1. The zero-order valence-electron chi connectivity index (χ0n) is 21.1. The number of rotatable bonds is 9. The molecular weight excluding hydrogens is 482 g/mol. The van der Waals surface area contributed by atoms with Crippen LogP contribution in [0.4, 0.5) is 11.5 Å². The molecule has 2 atom stereocenters. The smallest absolute Gasteiger partial charge is 0.257 e. The number of hydrogen-bond acceptors (Lipinski definition) is 7. The summed E-state index contributed by atoms with van der Waals surface area (Å²) >= 11 is 0. The molecule has 9 nitrogen and oxygen atoms in total. The SMILES string of the molecule is NC(=O)c1ccc(C(=O)NC(=O)C23CC=CC(CC2)N3c2ccc(C(=O)C3CC3)cn2)cc1NCC1CC1. The first-order valence-electron chi connectivity index (χ1n) is 13.4. The molecule has 2 aromatic rings. The van der Waals surface area contributed by atoms with Gasteiger partial charge in [-0.2, -0.15) is 0 Å². The van der Waals surface area contributed by atoms with E-state index in [0.29, 0.717) is 47.9 Å². The van der Waals surface area contributed by atoms with Gasteiger partial charge >= 0.3 is 0 Å². The maximum absolute atomic E-state index is 13.7. The second-order valence-electron chi connectivity index (χ2n) is 10.9. The zero-order chi connectivity index (χ0) is 26.4. The van der Waals surface area contributed by atoms with E-state index < -0.39 is 17.4 Å². The van der Waals surface area contributed by atoms with Crippen LogP contribution in [0.3, 0.4) is 0 Å². The predicted octanol–water partition coefficient (Wildman–Crippen LogP) is 3.22. The number of imide groups is 1. The third-order valence-corrected chi connectivity index (χ3v) is 8.16. The van der Waals surface area contributed by atoms with Crippen molar-refractivity contribution in [3.8, 4) is 0 Å². The number of Topliss-reactive ketones (excluding diaryl/α,β-unsaturated/α-hetero) is 1. The normalized spacial score (nSPS) is 23.7. The Morgan fingerprint density at radius 2 is 1.82 bits per heavy atom. The molecule has 2 bridgehead atoms. The molecular formula is C29H31N5O4. The van der Waals surface area contributed by atoms with Gasteiger partial charge in [0.2, 0.25) is 0 Å². The minimum Gasteiger partial charge on any atom is -0.384 e. The molecule has 38 heavy (non-hydrogen) atoms. The number of nitrogens with zero attached hydrogens (tertiary/aromatic N) is 2. The average Bonchev–Trinajstić information content (AvgIpc) is 3.84. The summed E-state index contributed by atoms with van der Waals surface area (Å²) in [5.41, 5.74) is 6.24. The molecule has 1 aromatic heterocycles. The summed E-state index contributed by atoms with van der Waals surface area (Å²) in [6, 6.07) is 8.18. The van der Waals surface area contributed by atoms with Crippen molar-refractivity contribution in [2.24, 2.45) is 17.6 Å². The quantitative estimate of drug-likeness (QED) is 0.266. The summed E-state index contributed by atoms with van der Waals surface area (Å²) in [6.45, 7) is 0.703. The van der Waals surface area contributed by atoms with Gasteiger partial charge in [0.15, 0.2) is 5.78 Å². The second-order valence-corrected chi connectivity index (χ2v) is 10.9. The van der Waals surface area contributed by atoms with E-state index in [-0.39, 0.29) is 29.2 Å². The Morgan fingerprint density at radius 1 is 1.03 bits per heavy atom. The van der Waals surface area contributed by atoms with Gasteiger partial charge in [-0.05, 0) is 81.2 Å². The van der Waals surface area contributed by atoms with Gasteiger partial charge < -0.3 is 16.0 Å². The highest BCUT2D eigenvalue weighted by Crippen LogP contribution is 2.44. The summed E-state index contributed by atoms with van der Waals surface area (Å²) in [5.74, 6) is -0.0948. The van der Waals surface area contributed by atoms with Gasteiger partial charge in [0.1, 0.15) is 11.4 Å². The number of nitrogens with two attached hydrogens (primary N) is 1. The molecule has 2 unspecified atom stereocenters. The van der Waals surface area contributed by atoms with Crippen LogP contribution in [-0.4, -0.2) is 46.6 Å². The van der Waals surface area contributed by atoms with Crippen LogP contribution in [0.1, 0.15) is 76.0 Å². The largest absolute Gasteiger partial charge is 0.384 e. The standard InChI is InChI=1S/C29H31N5O4/c30-26(36)22-9-7-19(14-23(22)31-15-17-3-4-17)27(37)33-28(38)29-12-1-2-21(11-13-29)34(29)24-10-8-20(16-32-24)25(35)18-5-6-18/h1-2,7-10,14,16-18,21,31H,3-6,11-13,15H2,(H2,30,36)(H,33,37,38). The van der Waals surface area contributed by atoms with Crippen molar-refractivity contribution in [3.63, 3.8) is 0 Å². The molecule has 4 aliphatic rings. The molecule has 196 valence electrons. The van der Waals surface area contributed by atoms with Crippen LogP contribution < -0.4 is 21.3 Å². The summed E-state index contributed by atoms with van der Waals surface area (Å²) in [7, 11) is 0. The monoisotopic (exact) mass is 513 g/mol. The maximum Gasteiger partial charge on any atom is 0.257 e. The fraction of sp³-hybridized carbons (Fsp3) is 0.414. The van der Waals surface area contributed by atoms with Gasteiger partial charge in [-0.25, -0.2) is 4.98 Å². The Kier molecular flexibility index (Phi) is 6.01. The van der Waals surface area contributed by atoms with Crippen molar-refractivity contribution in [3.05, 3.63) is 65.4 Å². The number of aromatic nitrogens is 1. The van der Waals surface area contributed by atoms with Crippen LogP contribution in [0.2, 0.25) is 0 Å². The van der Waals surface area contributed by atoms with E-state index in [1.54, 1.807) is 24.4 Å². The fourth-order valence-corrected chi connectivity index (χ4v) is 5.63. The number of pyridine rings is 1. The van der Waals surface area contributed by atoms with Crippen LogP contribution in [0.5, 0.6) is 0 Å². The first-order chi connectivity index (χ1) is 18.4. The van der Waals surface area contributed by atoms with Gasteiger partial charge in [-0.15, -0.1) is 0 Å². The van der Waals surface area contributed by atoms with Gasteiger partial charge in [-0.3, -0.25) is 24.5 Å². The molecule has 3 fully saturated rings. The first kappa shape index (κ1) is 24.3. The third kappa shape index (κ3) is 4.46. The van der Waals surface area contributed by atoms with E-state index in [1.807, 2.05) is 11.0 Å².